The van der Waals surface area contributed by atoms with E-state index in [1.807, 2.05) is 24.3 Å². The first-order chi connectivity index (χ1) is 13.6. The van der Waals surface area contributed by atoms with Crippen molar-refractivity contribution in [2.75, 3.05) is 20.7 Å². The van der Waals surface area contributed by atoms with E-state index in [0.29, 0.717) is 38.8 Å². The molecule has 0 saturated heterocycles. The number of esters is 1. The van der Waals surface area contributed by atoms with E-state index in [9.17, 15) is 14.4 Å². The number of likely N-dealkylation sites (N-methyl/N-ethyl adjacent to an activating group) is 1. The molecule has 2 amide bonds. The number of amides is 2. The molecule has 1 aromatic carbocycles. The van der Waals surface area contributed by atoms with E-state index >= 15 is 0 Å². The fourth-order valence-corrected chi connectivity index (χ4v) is 3.33. The predicted molar refractivity (Wildman–Crippen MR) is 109 cm³/mol. The molecule has 0 spiro atoms. The van der Waals surface area contributed by atoms with E-state index in [1.54, 1.807) is 32.7 Å². The standard InChI is InChI=1S/C22H32N2O5/c1-22(2,3)29-21(27)23(4)18-14-16-10-6-7-11-17(16)15-24(20(18)26)13-9-8-12-19(25)28-5/h6-7,10-11,18H,8-9,12-15H2,1-5H3/t18-/m1/s1. The van der Waals surface area contributed by atoms with Crippen molar-refractivity contribution in [1.82, 2.24) is 9.80 Å². The van der Waals surface area contributed by atoms with E-state index in [2.05, 4.69) is 4.74 Å². The first-order valence-corrected chi connectivity index (χ1v) is 10.0. The molecule has 1 heterocycles. The van der Waals surface area contributed by atoms with E-state index in [0.717, 1.165) is 11.1 Å². The molecule has 0 aliphatic carbocycles. The maximum absolute atomic E-state index is 13.3. The second-order valence-electron chi connectivity index (χ2n) is 8.37. The highest BCUT2D eigenvalue weighted by Gasteiger charge is 2.35. The lowest BCUT2D eigenvalue weighted by Crippen LogP contribution is -2.50. The fraction of sp³-hybridized carbons (Fsp3) is 0.591. The van der Waals surface area contributed by atoms with E-state index in [1.165, 1.54) is 12.0 Å². The molecule has 1 aromatic rings. The van der Waals surface area contributed by atoms with Gasteiger partial charge in [-0.05, 0) is 44.7 Å². The summed E-state index contributed by atoms with van der Waals surface area (Å²) in [6.45, 7) is 6.42. The van der Waals surface area contributed by atoms with Crippen LogP contribution >= 0.6 is 0 Å². The van der Waals surface area contributed by atoms with Gasteiger partial charge in [-0.15, -0.1) is 0 Å². The zero-order valence-electron chi connectivity index (χ0n) is 18.1. The maximum Gasteiger partial charge on any atom is 0.410 e. The van der Waals surface area contributed by atoms with Crippen LogP contribution in [0.15, 0.2) is 24.3 Å². The molecule has 0 bridgehead atoms. The molecule has 0 unspecified atom stereocenters. The SMILES string of the molecule is COC(=O)CCCCN1Cc2ccccc2C[C@@H](N(C)C(=O)OC(C)(C)C)C1=O. The van der Waals surface area contributed by atoms with E-state index in [4.69, 9.17) is 4.74 Å². The van der Waals surface area contributed by atoms with Crippen LogP contribution in [-0.4, -0.2) is 60.1 Å². The Labute approximate surface area is 172 Å². The van der Waals surface area contributed by atoms with Crippen LogP contribution in [0, 0.1) is 0 Å². The van der Waals surface area contributed by atoms with Crippen LogP contribution in [-0.2, 0) is 32.0 Å². The Morgan fingerprint density at radius 1 is 1.17 bits per heavy atom. The van der Waals surface area contributed by atoms with Gasteiger partial charge in [0.25, 0.3) is 0 Å². The third-order valence-corrected chi connectivity index (χ3v) is 4.93. The number of carbonyl (C=O) groups is 3. The fourth-order valence-electron chi connectivity index (χ4n) is 3.33. The average Bonchev–Trinajstić information content (AvgIpc) is 2.80. The largest absolute Gasteiger partial charge is 0.469 e. The minimum absolute atomic E-state index is 0.104. The number of carbonyl (C=O) groups excluding carboxylic acids is 3. The molecule has 2 rings (SSSR count). The number of nitrogens with zero attached hydrogens (tertiary/aromatic N) is 2. The smallest absolute Gasteiger partial charge is 0.410 e. The normalized spacial score (nSPS) is 16.7. The molecule has 0 saturated carbocycles. The Morgan fingerprint density at radius 2 is 1.83 bits per heavy atom. The highest BCUT2D eigenvalue weighted by atomic mass is 16.6. The summed E-state index contributed by atoms with van der Waals surface area (Å²) in [5, 5.41) is 0. The quantitative estimate of drug-likeness (QED) is 0.538. The Hall–Kier alpha value is -2.57. The molecule has 7 nitrogen and oxygen atoms in total. The van der Waals surface area contributed by atoms with Crippen LogP contribution < -0.4 is 0 Å². The summed E-state index contributed by atoms with van der Waals surface area (Å²) in [5.41, 5.74) is 1.50. The Balaban J connectivity index is 2.16. The summed E-state index contributed by atoms with van der Waals surface area (Å²) in [6.07, 6.45) is 1.59. The summed E-state index contributed by atoms with van der Waals surface area (Å²) in [5.74, 6) is -0.354. The summed E-state index contributed by atoms with van der Waals surface area (Å²) in [4.78, 5) is 40.4. The van der Waals surface area contributed by atoms with Crippen LogP contribution in [0.3, 0.4) is 0 Å². The van der Waals surface area contributed by atoms with Crippen LogP contribution in [0.2, 0.25) is 0 Å². The van der Waals surface area contributed by atoms with E-state index in [-0.39, 0.29) is 11.9 Å². The zero-order valence-corrected chi connectivity index (χ0v) is 18.1. The van der Waals surface area contributed by atoms with Crippen molar-refractivity contribution < 1.29 is 23.9 Å². The number of ether oxygens (including phenoxy) is 2. The van der Waals surface area contributed by atoms with Gasteiger partial charge in [-0.3, -0.25) is 14.5 Å². The summed E-state index contributed by atoms with van der Waals surface area (Å²) < 4.78 is 10.1. The molecule has 0 radical (unpaired) electrons. The molecule has 1 atom stereocenters. The first kappa shape index (κ1) is 22.7. The monoisotopic (exact) mass is 404 g/mol. The predicted octanol–water partition coefficient (Wildman–Crippen LogP) is 3.15. The average molecular weight is 405 g/mol. The lowest BCUT2D eigenvalue weighted by Gasteiger charge is -2.32. The first-order valence-electron chi connectivity index (χ1n) is 10.0. The van der Waals surface area contributed by atoms with Crippen LogP contribution in [0.5, 0.6) is 0 Å². The number of methoxy groups -OCH3 is 1. The Bertz CT molecular complexity index is 741. The molecular weight excluding hydrogens is 372 g/mol. The third-order valence-electron chi connectivity index (χ3n) is 4.93. The lowest BCUT2D eigenvalue weighted by molar-refractivity contribution is -0.140. The number of benzene rings is 1. The second kappa shape index (κ2) is 9.76. The summed E-state index contributed by atoms with van der Waals surface area (Å²) in [6, 6.07) is 7.28. The van der Waals surface area contributed by atoms with Gasteiger partial charge < -0.3 is 14.4 Å². The second-order valence-corrected chi connectivity index (χ2v) is 8.37. The number of unbranched alkanes of at least 4 members (excludes halogenated alkanes) is 1. The van der Waals surface area contributed by atoms with Gasteiger partial charge in [-0.25, -0.2) is 4.79 Å². The van der Waals surface area contributed by atoms with Crippen LogP contribution in [0.1, 0.15) is 51.2 Å². The van der Waals surface area contributed by atoms with E-state index < -0.39 is 17.7 Å². The van der Waals surface area contributed by atoms with Crippen molar-refractivity contribution in [1.29, 1.82) is 0 Å². The molecule has 7 heteroatoms. The number of hydrogen-bond donors (Lipinski definition) is 0. The highest BCUT2D eigenvalue weighted by Crippen LogP contribution is 2.23. The number of rotatable bonds is 6. The van der Waals surface area contributed by atoms with Crippen molar-refractivity contribution in [3.63, 3.8) is 0 Å². The number of hydrogen-bond acceptors (Lipinski definition) is 5. The topological polar surface area (TPSA) is 76.2 Å². The van der Waals surface area contributed by atoms with Crippen molar-refractivity contribution in [2.45, 2.75) is 64.6 Å². The van der Waals surface area contributed by atoms with Gasteiger partial charge in [0.15, 0.2) is 0 Å². The zero-order chi connectivity index (χ0) is 21.6. The van der Waals surface area contributed by atoms with Gasteiger partial charge in [-0.2, -0.15) is 0 Å². The molecule has 29 heavy (non-hydrogen) atoms. The Morgan fingerprint density at radius 3 is 2.45 bits per heavy atom. The molecule has 0 aromatic heterocycles. The van der Waals surface area contributed by atoms with Crippen molar-refractivity contribution in [3.8, 4) is 0 Å². The molecule has 0 fully saturated rings. The number of fused-ring (bicyclic) bond motifs is 1. The minimum Gasteiger partial charge on any atom is -0.469 e. The highest BCUT2D eigenvalue weighted by molar-refractivity contribution is 5.86. The lowest BCUT2D eigenvalue weighted by atomic mass is 10.0. The van der Waals surface area contributed by atoms with Gasteiger partial charge in [0, 0.05) is 33.0 Å². The summed E-state index contributed by atoms with van der Waals surface area (Å²) >= 11 is 0. The van der Waals surface area contributed by atoms with Crippen molar-refractivity contribution in [3.05, 3.63) is 35.4 Å². The Kier molecular flexibility index (Phi) is 7.65. The van der Waals surface area contributed by atoms with Gasteiger partial charge in [0.05, 0.1) is 7.11 Å². The van der Waals surface area contributed by atoms with Gasteiger partial charge in [0.1, 0.15) is 11.6 Å². The van der Waals surface area contributed by atoms with Crippen LogP contribution in [0.4, 0.5) is 4.79 Å². The summed E-state index contributed by atoms with van der Waals surface area (Å²) in [7, 11) is 2.98. The van der Waals surface area contributed by atoms with Crippen molar-refractivity contribution in [2.24, 2.45) is 0 Å². The minimum atomic E-state index is -0.634. The van der Waals surface area contributed by atoms with Gasteiger partial charge in [0.2, 0.25) is 5.91 Å². The molecule has 1 aliphatic rings. The molecular formula is C22H32N2O5. The van der Waals surface area contributed by atoms with Gasteiger partial charge >= 0.3 is 12.1 Å². The molecule has 0 N–H and O–H groups in total. The van der Waals surface area contributed by atoms with Gasteiger partial charge in [-0.1, -0.05) is 24.3 Å². The van der Waals surface area contributed by atoms with Crippen molar-refractivity contribution >= 4 is 18.0 Å². The third kappa shape index (κ3) is 6.48. The molecule has 160 valence electrons. The molecule has 1 aliphatic heterocycles. The maximum atomic E-state index is 13.3. The van der Waals surface area contributed by atoms with Crippen LogP contribution in [0.25, 0.3) is 0 Å².